The van der Waals surface area contributed by atoms with Crippen molar-refractivity contribution >= 4 is 0 Å². The number of hydrogen-bond donors (Lipinski definition) is 0. The molecule has 0 spiro atoms. The molecule has 0 radical (unpaired) electrons. The molecule has 0 bridgehead atoms. The highest BCUT2D eigenvalue weighted by atomic mass is 14.7. The van der Waals surface area contributed by atoms with Gasteiger partial charge in [0.1, 0.15) is 0 Å². The largest absolute Gasteiger partial charge is 0.0654 e. The third-order valence-electron chi connectivity index (χ3n) is 14.0. The summed E-state index contributed by atoms with van der Waals surface area (Å²) in [7, 11) is 0. The summed E-state index contributed by atoms with van der Waals surface area (Å²) in [6.07, 6.45) is 17.2. The van der Waals surface area contributed by atoms with E-state index in [9.17, 15) is 0 Å². The minimum Gasteiger partial charge on any atom is -0.0654 e. The minimum atomic E-state index is 0.116. The van der Waals surface area contributed by atoms with Crippen molar-refractivity contribution in [2.75, 3.05) is 0 Å². The predicted octanol–water partition coefficient (Wildman–Crippen LogP) is 12.4. The van der Waals surface area contributed by atoms with E-state index in [4.69, 9.17) is 0 Å². The molecular weight excluding hydrogens is 516 g/mol. The lowest BCUT2D eigenvalue weighted by Gasteiger charge is -2.53. The summed E-state index contributed by atoms with van der Waals surface area (Å²) in [5.74, 6) is 7.65. The molecule has 2 aromatic rings. The summed E-state index contributed by atoms with van der Waals surface area (Å²) in [5.41, 5.74) is 4.23. The van der Waals surface area contributed by atoms with E-state index >= 15 is 0 Å². The van der Waals surface area contributed by atoms with Crippen molar-refractivity contribution in [2.45, 2.75) is 131 Å². The highest BCUT2D eigenvalue weighted by Crippen LogP contribution is 2.69. The first-order chi connectivity index (χ1) is 20.5. The third-order valence-corrected chi connectivity index (χ3v) is 14.0. The molecule has 0 aromatic heterocycles. The van der Waals surface area contributed by atoms with Gasteiger partial charge in [-0.15, -0.1) is 0 Å². The first-order valence-electron chi connectivity index (χ1n) is 18.7. The van der Waals surface area contributed by atoms with Gasteiger partial charge in [-0.3, -0.25) is 0 Å². The van der Waals surface area contributed by atoms with Crippen LogP contribution in [-0.2, 0) is 5.41 Å². The van der Waals surface area contributed by atoms with Gasteiger partial charge in [-0.2, -0.15) is 0 Å². The fourth-order valence-electron chi connectivity index (χ4n) is 11.9. The Morgan fingerprint density at radius 2 is 1.00 bits per heavy atom. The Kier molecular flexibility index (Phi) is 9.01. The van der Waals surface area contributed by atoms with E-state index in [0.717, 1.165) is 53.3 Å². The van der Waals surface area contributed by atoms with E-state index in [2.05, 4.69) is 109 Å². The van der Waals surface area contributed by atoms with Gasteiger partial charge in [-0.1, -0.05) is 135 Å². The van der Waals surface area contributed by atoms with E-state index < -0.39 is 0 Å². The van der Waals surface area contributed by atoms with Crippen LogP contribution in [0.1, 0.15) is 137 Å². The molecule has 4 aliphatic carbocycles. The van der Waals surface area contributed by atoms with Crippen molar-refractivity contribution in [1.29, 1.82) is 0 Å². The molecule has 0 saturated heterocycles. The molecule has 0 heterocycles. The Bertz CT molecular complexity index is 1080. The van der Waals surface area contributed by atoms with E-state index in [-0.39, 0.29) is 5.41 Å². The lowest BCUT2D eigenvalue weighted by Crippen LogP contribution is -2.49. The standard InChI is InChI=1S/C43H64/c1-8-9-16-30-21-22-35(27-30)43(31-17-12-10-13-18-31,32-19-14-11-15-20-32)40-38-28-33(41(2,3)4)23-25-36(38)37-26-24-34(29-39(37)40)42(5,6)7/h10-15,17-20,30,33-40H,8-9,16,21-29H2,1-7H3. The van der Waals surface area contributed by atoms with Crippen LogP contribution >= 0.6 is 0 Å². The Labute approximate surface area is 266 Å². The van der Waals surface area contributed by atoms with Crippen LogP contribution in [0.2, 0.25) is 0 Å². The fourth-order valence-corrected chi connectivity index (χ4v) is 11.9. The summed E-state index contributed by atoms with van der Waals surface area (Å²) >= 11 is 0. The molecule has 8 atom stereocenters. The molecule has 236 valence electrons. The molecular formula is C43H64. The minimum absolute atomic E-state index is 0.116. The summed E-state index contributed by atoms with van der Waals surface area (Å²) in [4.78, 5) is 0. The SMILES string of the molecule is CCCCC1CCC(C(c2ccccc2)(c2ccccc2)C2C3CC(C(C)(C)C)CCC3C3CCC(C(C)(C)C)CC32)C1. The molecule has 0 heteroatoms. The molecule has 0 N–H and O–H groups in total. The summed E-state index contributed by atoms with van der Waals surface area (Å²) in [5, 5.41) is 0. The van der Waals surface area contributed by atoms with E-state index in [1.54, 1.807) is 11.1 Å². The molecule has 2 aromatic carbocycles. The lowest BCUT2D eigenvalue weighted by molar-refractivity contribution is 0.0420. The average molecular weight is 581 g/mol. The van der Waals surface area contributed by atoms with Crippen molar-refractivity contribution in [3.8, 4) is 0 Å². The second-order valence-corrected chi connectivity index (χ2v) is 18.1. The van der Waals surface area contributed by atoms with Crippen LogP contribution in [-0.4, -0.2) is 0 Å². The van der Waals surface area contributed by atoms with E-state index in [1.165, 1.54) is 77.0 Å². The Morgan fingerprint density at radius 1 is 0.535 bits per heavy atom. The van der Waals surface area contributed by atoms with Gasteiger partial charge in [0.2, 0.25) is 0 Å². The molecule has 0 aliphatic heterocycles. The monoisotopic (exact) mass is 581 g/mol. The van der Waals surface area contributed by atoms with Gasteiger partial charge in [0.15, 0.2) is 0 Å². The molecule has 4 aliphatic rings. The van der Waals surface area contributed by atoms with E-state index in [0.29, 0.717) is 10.8 Å². The molecule has 0 amide bonds. The second kappa shape index (κ2) is 12.3. The fraction of sp³-hybridized carbons (Fsp3) is 0.721. The van der Waals surface area contributed by atoms with Gasteiger partial charge in [0.05, 0.1) is 0 Å². The number of unbranched alkanes of at least 4 members (excludes halogenated alkanes) is 1. The van der Waals surface area contributed by atoms with Crippen LogP contribution in [0, 0.1) is 64.1 Å². The van der Waals surface area contributed by atoms with E-state index in [1.807, 2.05) is 0 Å². The smallest absolute Gasteiger partial charge is 0.0264 e. The Morgan fingerprint density at radius 3 is 1.44 bits per heavy atom. The molecule has 6 rings (SSSR count). The van der Waals surface area contributed by atoms with Gasteiger partial charge in [0.25, 0.3) is 0 Å². The number of hydrogen-bond acceptors (Lipinski definition) is 0. The maximum absolute atomic E-state index is 2.57. The van der Waals surface area contributed by atoms with Crippen LogP contribution in [0.4, 0.5) is 0 Å². The highest BCUT2D eigenvalue weighted by Gasteiger charge is 2.63. The molecule has 4 saturated carbocycles. The number of fused-ring (bicyclic) bond motifs is 3. The zero-order chi connectivity index (χ0) is 30.4. The van der Waals surface area contributed by atoms with Crippen LogP contribution in [0.15, 0.2) is 60.7 Å². The van der Waals surface area contributed by atoms with Crippen molar-refractivity contribution in [3.63, 3.8) is 0 Å². The quantitative estimate of drug-likeness (QED) is 0.305. The van der Waals surface area contributed by atoms with Gasteiger partial charge in [0, 0.05) is 5.41 Å². The summed E-state index contributed by atoms with van der Waals surface area (Å²) in [6.45, 7) is 17.6. The first kappa shape index (κ1) is 31.4. The van der Waals surface area contributed by atoms with Crippen molar-refractivity contribution in [3.05, 3.63) is 71.8 Å². The number of benzene rings is 2. The predicted molar refractivity (Wildman–Crippen MR) is 185 cm³/mol. The van der Waals surface area contributed by atoms with Gasteiger partial charge < -0.3 is 0 Å². The second-order valence-electron chi connectivity index (χ2n) is 18.1. The lowest BCUT2D eigenvalue weighted by atomic mass is 9.50. The molecule has 0 nitrogen and oxygen atoms in total. The maximum atomic E-state index is 2.57. The molecule has 43 heavy (non-hydrogen) atoms. The highest BCUT2D eigenvalue weighted by molar-refractivity contribution is 5.43. The summed E-state index contributed by atoms with van der Waals surface area (Å²) < 4.78 is 0. The Hall–Kier alpha value is -1.56. The van der Waals surface area contributed by atoms with Crippen molar-refractivity contribution in [2.24, 2.45) is 64.1 Å². The summed E-state index contributed by atoms with van der Waals surface area (Å²) in [6, 6.07) is 24.3. The van der Waals surface area contributed by atoms with Crippen LogP contribution in [0.3, 0.4) is 0 Å². The van der Waals surface area contributed by atoms with Gasteiger partial charge in [-0.25, -0.2) is 0 Å². The normalized spacial score (nSPS) is 35.0. The van der Waals surface area contributed by atoms with Crippen molar-refractivity contribution in [1.82, 2.24) is 0 Å². The Balaban J connectivity index is 1.55. The van der Waals surface area contributed by atoms with Crippen molar-refractivity contribution < 1.29 is 0 Å². The van der Waals surface area contributed by atoms with Gasteiger partial charge in [-0.05, 0) is 127 Å². The molecule has 4 fully saturated rings. The average Bonchev–Trinajstić information content (AvgIpc) is 3.60. The number of rotatable bonds is 7. The maximum Gasteiger partial charge on any atom is 0.0264 e. The first-order valence-corrected chi connectivity index (χ1v) is 18.7. The zero-order valence-corrected chi connectivity index (χ0v) is 29.0. The molecule has 8 unspecified atom stereocenters. The zero-order valence-electron chi connectivity index (χ0n) is 29.0. The topological polar surface area (TPSA) is 0 Å². The van der Waals surface area contributed by atoms with Crippen LogP contribution in [0.25, 0.3) is 0 Å². The van der Waals surface area contributed by atoms with Gasteiger partial charge >= 0.3 is 0 Å². The van der Waals surface area contributed by atoms with Crippen LogP contribution < -0.4 is 0 Å². The third kappa shape index (κ3) is 5.81. The van der Waals surface area contributed by atoms with Crippen LogP contribution in [0.5, 0.6) is 0 Å².